The molecule has 0 aliphatic carbocycles. The van der Waals surface area contributed by atoms with Crippen molar-refractivity contribution >= 4 is 23.6 Å². The molecule has 6 heteroatoms. The van der Waals surface area contributed by atoms with Gasteiger partial charge in [-0.2, -0.15) is 0 Å². The molecule has 0 amide bonds. The fourth-order valence-electron chi connectivity index (χ4n) is 3.83. The van der Waals surface area contributed by atoms with Crippen LogP contribution in [-0.4, -0.2) is 44.5 Å². The molecule has 0 aromatic heterocycles. The van der Waals surface area contributed by atoms with Gasteiger partial charge in [0.2, 0.25) is 0 Å². The van der Waals surface area contributed by atoms with E-state index in [1.807, 2.05) is 50.5 Å². The summed E-state index contributed by atoms with van der Waals surface area (Å²) in [5.41, 5.74) is 11.3. The van der Waals surface area contributed by atoms with Gasteiger partial charge >= 0.3 is 0 Å². The van der Waals surface area contributed by atoms with Gasteiger partial charge in [-0.3, -0.25) is 9.69 Å². The molecule has 5 nitrogen and oxygen atoms in total. The van der Waals surface area contributed by atoms with E-state index in [1.54, 1.807) is 6.20 Å². The minimum Gasteiger partial charge on any atom is -0.397 e. The summed E-state index contributed by atoms with van der Waals surface area (Å²) < 4.78 is 5.71. The molecule has 160 valence electrons. The predicted octanol–water partition coefficient (Wildman–Crippen LogP) is 3.83. The van der Waals surface area contributed by atoms with Crippen molar-refractivity contribution in [3.8, 4) is 0 Å². The highest BCUT2D eigenvalue weighted by atomic mass is 35.5. The summed E-state index contributed by atoms with van der Waals surface area (Å²) >= 11 is 6.59. The summed E-state index contributed by atoms with van der Waals surface area (Å²) in [4.78, 5) is 13.9. The smallest absolute Gasteiger partial charge is 0.150 e. The number of likely N-dealkylation sites (N-methyl/N-ethyl adjacent to an activating group) is 1. The zero-order chi connectivity index (χ0) is 21.5. The van der Waals surface area contributed by atoms with Crippen LogP contribution in [-0.2, 0) is 17.7 Å². The van der Waals surface area contributed by atoms with Crippen LogP contribution in [0, 0.1) is 0 Å². The normalized spacial score (nSPS) is 16.8. The standard InChI is InChI=1S/C24H30ClN3O2/c1-27-13-24(26)18-7-5-17(6-8-18)10-19-11-21(16-29)20(12-23(19)25)14-28(2)15-22-4-3-9-30-22/h5-8,11-13,16,22,27H,3-4,9-10,14-15,26H2,1-2H3/b24-13-. The van der Waals surface area contributed by atoms with E-state index in [-0.39, 0.29) is 6.10 Å². The molecule has 1 saturated heterocycles. The number of aldehydes is 1. The number of benzene rings is 2. The summed E-state index contributed by atoms with van der Waals surface area (Å²) in [5, 5.41) is 3.61. The Morgan fingerprint density at radius 1 is 1.30 bits per heavy atom. The molecule has 1 unspecified atom stereocenters. The number of halogens is 1. The fraction of sp³-hybridized carbons (Fsp3) is 0.375. The van der Waals surface area contributed by atoms with Crippen LogP contribution in [0.3, 0.4) is 0 Å². The van der Waals surface area contributed by atoms with Gasteiger partial charge in [-0.15, -0.1) is 0 Å². The first-order valence-electron chi connectivity index (χ1n) is 10.3. The van der Waals surface area contributed by atoms with Crippen molar-refractivity contribution in [1.82, 2.24) is 10.2 Å². The molecule has 2 aromatic rings. The lowest BCUT2D eigenvalue weighted by Gasteiger charge is -2.21. The Balaban J connectivity index is 1.71. The van der Waals surface area contributed by atoms with Crippen LogP contribution in [0.15, 0.2) is 42.6 Å². The fourth-order valence-corrected chi connectivity index (χ4v) is 4.08. The maximum atomic E-state index is 11.7. The average molecular weight is 428 g/mol. The molecule has 3 N–H and O–H groups in total. The van der Waals surface area contributed by atoms with E-state index in [1.165, 1.54) is 0 Å². The van der Waals surface area contributed by atoms with Gasteiger partial charge in [0, 0.05) is 43.5 Å². The quantitative estimate of drug-likeness (QED) is 0.595. The second-order valence-electron chi connectivity index (χ2n) is 7.85. The largest absolute Gasteiger partial charge is 0.397 e. The van der Waals surface area contributed by atoms with E-state index in [4.69, 9.17) is 22.1 Å². The Morgan fingerprint density at radius 2 is 2.07 bits per heavy atom. The van der Waals surface area contributed by atoms with Crippen molar-refractivity contribution in [1.29, 1.82) is 0 Å². The Kier molecular flexibility index (Phi) is 7.91. The third kappa shape index (κ3) is 5.85. The van der Waals surface area contributed by atoms with Crippen LogP contribution in [0.1, 0.15) is 45.5 Å². The van der Waals surface area contributed by atoms with E-state index >= 15 is 0 Å². The molecule has 0 spiro atoms. The third-order valence-corrected chi connectivity index (χ3v) is 5.75. The highest BCUT2D eigenvalue weighted by Gasteiger charge is 2.18. The van der Waals surface area contributed by atoms with E-state index in [2.05, 4.69) is 10.2 Å². The second kappa shape index (κ2) is 10.6. The molecule has 0 bridgehead atoms. The minimum atomic E-state index is 0.282. The predicted molar refractivity (Wildman–Crippen MR) is 123 cm³/mol. The maximum absolute atomic E-state index is 11.7. The molecule has 1 fully saturated rings. The van der Waals surface area contributed by atoms with E-state index in [0.29, 0.717) is 29.2 Å². The summed E-state index contributed by atoms with van der Waals surface area (Å²) in [5.74, 6) is 0. The SMILES string of the molecule is CN/C=C(\N)c1ccc(Cc2cc(C=O)c(CN(C)CC3CCCO3)cc2Cl)cc1. The Hall–Kier alpha value is -2.34. The molecule has 1 atom stereocenters. The number of nitrogens with one attached hydrogen (secondary N) is 1. The average Bonchev–Trinajstić information content (AvgIpc) is 3.23. The summed E-state index contributed by atoms with van der Waals surface area (Å²) in [6.07, 6.45) is 5.84. The van der Waals surface area contributed by atoms with Crippen LogP contribution in [0.25, 0.3) is 5.70 Å². The van der Waals surface area contributed by atoms with Gasteiger partial charge in [0.15, 0.2) is 0 Å². The molecular weight excluding hydrogens is 398 g/mol. The summed E-state index contributed by atoms with van der Waals surface area (Å²) in [6.45, 7) is 2.37. The highest BCUT2D eigenvalue weighted by Crippen LogP contribution is 2.25. The number of hydrogen-bond acceptors (Lipinski definition) is 5. The monoisotopic (exact) mass is 427 g/mol. The van der Waals surface area contributed by atoms with Crippen LogP contribution >= 0.6 is 11.6 Å². The molecule has 1 aliphatic heterocycles. The number of rotatable bonds is 9. The van der Waals surface area contributed by atoms with Crippen molar-refractivity contribution in [3.05, 3.63) is 75.4 Å². The molecule has 1 aliphatic rings. The Morgan fingerprint density at radius 3 is 2.70 bits per heavy atom. The topological polar surface area (TPSA) is 67.6 Å². The van der Waals surface area contributed by atoms with Gasteiger partial charge in [-0.05, 0) is 60.7 Å². The first-order chi connectivity index (χ1) is 14.5. The lowest BCUT2D eigenvalue weighted by molar-refractivity contribution is 0.0792. The minimum absolute atomic E-state index is 0.282. The van der Waals surface area contributed by atoms with E-state index in [0.717, 1.165) is 54.5 Å². The van der Waals surface area contributed by atoms with Crippen molar-refractivity contribution in [2.24, 2.45) is 5.73 Å². The third-order valence-electron chi connectivity index (χ3n) is 5.40. The number of nitrogens with zero attached hydrogens (tertiary/aromatic N) is 1. The van der Waals surface area contributed by atoms with Crippen LogP contribution < -0.4 is 11.1 Å². The van der Waals surface area contributed by atoms with E-state index < -0.39 is 0 Å². The lowest BCUT2D eigenvalue weighted by Crippen LogP contribution is -2.28. The maximum Gasteiger partial charge on any atom is 0.150 e. The number of nitrogens with two attached hydrogens (primary N) is 1. The molecule has 0 radical (unpaired) electrons. The van der Waals surface area contributed by atoms with Crippen molar-refractivity contribution in [2.75, 3.05) is 27.2 Å². The Labute approximate surface area is 183 Å². The number of carbonyl (C=O) groups excluding carboxylic acids is 1. The van der Waals surface area contributed by atoms with Gasteiger partial charge in [0.25, 0.3) is 0 Å². The number of hydrogen-bond donors (Lipinski definition) is 2. The zero-order valence-corrected chi connectivity index (χ0v) is 18.4. The highest BCUT2D eigenvalue weighted by molar-refractivity contribution is 6.31. The van der Waals surface area contributed by atoms with Crippen molar-refractivity contribution in [3.63, 3.8) is 0 Å². The van der Waals surface area contributed by atoms with E-state index in [9.17, 15) is 4.79 Å². The van der Waals surface area contributed by atoms with Crippen LogP contribution in [0.4, 0.5) is 0 Å². The molecule has 3 rings (SSSR count). The lowest BCUT2D eigenvalue weighted by atomic mass is 9.98. The van der Waals surface area contributed by atoms with Gasteiger partial charge in [-0.25, -0.2) is 0 Å². The summed E-state index contributed by atoms with van der Waals surface area (Å²) in [6, 6.07) is 11.9. The molecular formula is C24H30ClN3O2. The van der Waals surface area contributed by atoms with Crippen LogP contribution in [0.5, 0.6) is 0 Å². The molecule has 2 aromatic carbocycles. The van der Waals surface area contributed by atoms with Crippen molar-refractivity contribution in [2.45, 2.75) is 31.9 Å². The number of carbonyl (C=O) groups is 1. The summed E-state index contributed by atoms with van der Waals surface area (Å²) in [7, 11) is 3.87. The second-order valence-corrected chi connectivity index (χ2v) is 8.26. The van der Waals surface area contributed by atoms with Crippen LogP contribution in [0.2, 0.25) is 5.02 Å². The molecule has 30 heavy (non-hydrogen) atoms. The van der Waals surface area contributed by atoms with Gasteiger partial charge in [0.1, 0.15) is 6.29 Å². The first kappa shape index (κ1) is 22.3. The first-order valence-corrected chi connectivity index (χ1v) is 10.7. The molecule has 0 saturated carbocycles. The van der Waals surface area contributed by atoms with Gasteiger partial charge in [-0.1, -0.05) is 35.9 Å². The Bertz CT molecular complexity index is 890. The van der Waals surface area contributed by atoms with Crippen molar-refractivity contribution < 1.29 is 9.53 Å². The zero-order valence-electron chi connectivity index (χ0n) is 17.7. The molecule has 1 heterocycles. The van der Waals surface area contributed by atoms with Gasteiger partial charge < -0.3 is 15.8 Å². The van der Waals surface area contributed by atoms with Gasteiger partial charge in [0.05, 0.1) is 11.8 Å². The number of ether oxygens (including phenoxy) is 1.